The molecule has 1 aromatic carbocycles. The van der Waals surface area contributed by atoms with Crippen LogP contribution >= 0.6 is 11.6 Å². The van der Waals surface area contributed by atoms with Gasteiger partial charge in [-0.2, -0.15) is 5.26 Å². The quantitative estimate of drug-likeness (QED) is 0.849. The summed E-state index contributed by atoms with van der Waals surface area (Å²) < 4.78 is 0. The van der Waals surface area contributed by atoms with Crippen molar-refractivity contribution in [1.29, 1.82) is 5.26 Å². The van der Waals surface area contributed by atoms with Gasteiger partial charge in [-0.1, -0.05) is 11.6 Å². The second-order valence-electron chi connectivity index (χ2n) is 6.12. The van der Waals surface area contributed by atoms with Gasteiger partial charge in [-0.3, -0.25) is 9.69 Å². The van der Waals surface area contributed by atoms with Gasteiger partial charge in [0.15, 0.2) is 0 Å². The van der Waals surface area contributed by atoms with Crippen LogP contribution in [0.5, 0.6) is 0 Å². The summed E-state index contributed by atoms with van der Waals surface area (Å²) in [6.45, 7) is 5.66. The van der Waals surface area contributed by atoms with Crippen molar-refractivity contribution in [2.75, 3.05) is 50.7 Å². The second-order valence-corrected chi connectivity index (χ2v) is 6.56. The smallest absolute Gasteiger partial charge is 0.236 e. The van der Waals surface area contributed by atoms with Gasteiger partial charge in [-0.25, -0.2) is 0 Å². The number of benzene rings is 1. The summed E-state index contributed by atoms with van der Waals surface area (Å²) in [4.78, 5) is 18.6. The normalized spacial score (nSPS) is 19.0. The Kier molecular flexibility index (Phi) is 5.04. The standard InChI is InChI=1S/C17H21ClN4O/c18-15-3-4-16(14(11-15)12-19)21-9-7-20(8-10-21)13-17(23)22-5-1-2-6-22/h3-4,11H,1-2,5-10,13H2. The van der Waals surface area contributed by atoms with E-state index in [9.17, 15) is 10.1 Å². The van der Waals surface area contributed by atoms with E-state index in [4.69, 9.17) is 11.6 Å². The van der Waals surface area contributed by atoms with Crippen LogP contribution in [0.1, 0.15) is 18.4 Å². The summed E-state index contributed by atoms with van der Waals surface area (Å²) in [7, 11) is 0. The number of piperazine rings is 1. The molecular weight excluding hydrogens is 312 g/mol. The molecule has 0 radical (unpaired) electrons. The predicted molar refractivity (Wildman–Crippen MR) is 90.6 cm³/mol. The average Bonchev–Trinajstić information content (AvgIpc) is 3.10. The van der Waals surface area contributed by atoms with Crippen LogP contribution in [0.3, 0.4) is 0 Å². The van der Waals surface area contributed by atoms with Crippen LogP contribution in [0.2, 0.25) is 5.02 Å². The van der Waals surface area contributed by atoms with Crippen LogP contribution in [0, 0.1) is 11.3 Å². The van der Waals surface area contributed by atoms with Gasteiger partial charge in [0.1, 0.15) is 6.07 Å². The number of carbonyl (C=O) groups is 1. The monoisotopic (exact) mass is 332 g/mol. The lowest BCUT2D eigenvalue weighted by Crippen LogP contribution is -2.50. The first-order chi connectivity index (χ1) is 11.2. The van der Waals surface area contributed by atoms with Crippen molar-refractivity contribution >= 4 is 23.2 Å². The Bertz CT molecular complexity index is 614. The van der Waals surface area contributed by atoms with E-state index in [1.54, 1.807) is 6.07 Å². The van der Waals surface area contributed by atoms with Gasteiger partial charge in [0, 0.05) is 44.3 Å². The highest BCUT2D eigenvalue weighted by molar-refractivity contribution is 6.30. The highest BCUT2D eigenvalue weighted by atomic mass is 35.5. The highest BCUT2D eigenvalue weighted by Crippen LogP contribution is 2.24. The van der Waals surface area contributed by atoms with Crippen molar-refractivity contribution in [3.63, 3.8) is 0 Å². The maximum Gasteiger partial charge on any atom is 0.236 e. The maximum absolute atomic E-state index is 12.2. The topological polar surface area (TPSA) is 50.6 Å². The van der Waals surface area contributed by atoms with Crippen LogP contribution < -0.4 is 4.90 Å². The number of carbonyl (C=O) groups excluding carboxylic acids is 1. The molecule has 2 heterocycles. The third-order valence-corrected chi connectivity index (χ3v) is 4.84. The van der Waals surface area contributed by atoms with E-state index < -0.39 is 0 Å². The molecule has 2 saturated heterocycles. The Balaban J connectivity index is 1.56. The van der Waals surface area contributed by atoms with E-state index in [-0.39, 0.29) is 5.91 Å². The molecule has 1 aromatic rings. The van der Waals surface area contributed by atoms with Crippen molar-refractivity contribution in [3.8, 4) is 6.07 Å². The molecule has 0 aromatic heterocycles. The van der Waals surface area contributed by atoms with Gasteiger partial charge < -0.3 is 9.80 Å². The fourth-order valence-corrected chi connectivity index (χ4v) is 3.45. The lowest BCUT2D eigenvalue weighted by molar-refractivity contribution is -0.131. The van der Waals surface area contributed by atoms with Gasteiger partial charge in [0.25, 0.3) is 0 Å². The number of nitrogens with zero attached hydrogens (tertiary/aromatic N) is 4. The van der Waals surface area contributed by atoms with E-state index in [0.29, 0.717) is 17.1 Å². The molecule has 6 heteroatoms. The van der Waals surface area contributed by atoms with Crippen molar-refractivity contribution in [2.24, 2.45) is 0 Å². The van der Waals surface area contributed by atoms with Crippen molar-refractivity contribution in [3.05, 3.63) is 28.8 Å². The Morgan fingerprint density at radius 2 is 1.83 bits per heavy atom. The average molecular weight is 333 g/mol. The molecule has 122 valence electrons. The predicted octanol–water partition coefficient (Wildman–Crippen LogP) is 1.96. The summed E-state index contributed by atoms with van der Waals surface area (Å²) in [6, 6.07) is 7.65. The van der Waals surface area contributed by atoms with E-state index in [2.05, 4.69) is 15.9 Å². The molecule has 0 unspecified atom stereocenters. The molecule has 23 heavy (non-hydrogen) atoms. The fourth-order valence-electron chi connectivity index (χ4n) is 3.28. The molecule has 0 atom stereocenters. The van der Waals surface area contributed by atoms with Gasteiger partial charge in [-0.15, -0.1) is 0 Å². The van der Waals surface area contributed by atoms with E-state index in [1.807, 2.05) is 17.0 Å². The number of nitriles is 1. The summed E-state index contributed by atoms with van der Waals surface area (Å²) in [5, 5.41) is 9.85. The third-order valence-electron chi connectivity index (χ3n) is 4.61. The van der Waals surface area contributed by atoms with Gasteiger partial charge in [0.05, 0.1) is 17.8 Å². The second kappa shape index (κ2) is 7.20. The lowest BCUT2D eigenvalue weighted by atomic mass is 10.1. The summed E-state index contributed by atoms with van der Waals surface area (Å²) in [5.41, 5.74) is 1.54. The zero-order valence-corrected chi connectivity index (χ0v) is 13.9. The number of amides is 1. The number of likely N-dealkylation sites (tertiary alicyclic amines) is 1. The first kappa shape index (κ1) is 16.1. The minimum Gasteiger partial charge on any atom is -0.368 e. The molecule has 0 bridgehead atoms. The first-order valence-electron chi connectivity index (χ1n) is 8.12. The molecule has 0 saturated carbocycles. The van der Waals surface area contributed by atoms with Crippen molar-refractivity contribution < 1.29 is 4.79 Å². The molecule has 3 rings (SSSR count). The van der Waals surface area contributed by atoms with Crippen LogP contribution in [0.25, 0.3) is 0 Å². The molecule has 5 nitrogen and oxygen atoms in total. The maximum atomic E-state index is 12.2. The molecule has 2 aliphatic rings. The number of anilines is 1. The minimum absolute atomic E-state index is 0.250. The van der Waals surface area contributed by atoms with Crippen LogP contribution in [0.4, 0.5) is 5.69 Å². The molecule has 1 amide bonds. The highest BCUT2D eigenvalue weighted by Gasteiger charge is 2.24. The van der Waals surface area contributed by atoms with E-state index >= 15 is 0 Å². The number of hydrogen-bond donors (Lipinski definition) is 0. The summed E-state index contributed by atoms with van der Waals surface area (Å²) in [5.74, 6) is 0.250. The Morgan fingerprint density at radius 1 is 1.13 bits per heavy atom. The zero-order valence-electron chi connectivity index (χ0n) is 13.2. The van der Waals surface area contributed by atoms with Crippen LogP contribution in [-0.2, 0) is 4.79 Å². The van der Waals surface area contributed by atoms with Gasteiger partial charge >= 0.3 is 0 Å². The molecule has 0 aliphatic carbocycles. The SMILES string of the molecule is N#Cc1cc(Cl)ccc1N1CCN(CC(=O)N2CCCC2)CC1. The first-order valence-corrected chi connectivity index (χ1v) is 8.50. The van der Waals surface area contributed by atoms with Crippen molar-refractivity contribution in [2.45, 2.75) is 12.8 Å². The number of hydrogen-bond acceptors (Lipinski definition) is 4. The third kappa shape index (κ3) is 3.77. The minimum atomic E-state index is 0.250. The number of rotatable bonds is 3. The Hall–Kier alpha value is -1.77. The van der Waals surface area contributed by atoms with Crippen LogP contribution in [-0.4, -0.2) is 61.5 Å². The molecule has 0 spiro atoms. The van der Waals surface area contributed by atoms with E-state index in [0.717, 1.165) is 57.8 Å². The van der Waals surface area contributed by atoms with Crippen LogP contribution in [0.15, 0.2) is 18.2 Å². The lowest BCUT2D eigenvalue weighted by Gasteiger charge is -2.36. The Labute approximate surface area is 142 Å². The molecule has 2 aliphatic heterocycles. The van der Waals surface area contributed by atoms with Gasteiger partial charge in [-0.05, 0) is 31.0 Å². The largest absolute Gasteiger partial charge is 0.368 e. The van der Waals surface area contributed by atoms with E-state index in [1.165, 1.54) is 0 Å². The summed E-state index contributed by atoms with van der Waals surface area (Å²) >= 11 is 5.96. The fraction of sp³-hybridized carbons (Fsp3) is 0.529. The summed E-state index contributed by atoms with van der Waals surface area (Å²) in [6.07, 6.45) is 2.26. The Morgan fingerprint density at radius 3 is 2.48 bits per heavy atom. The van der Waals surface area contributed by atoms with Gasteiger partial charge in [0.2, 0.25) is 5.91 Å². The van der Waals surface area contributed by atoms with Crippen molar-refractivity contribution in [1.82, 2.24) is 9.80 Å². The molecular formula is C17H21ClN4O. The number of halogens is 1. The zero-order chi connectivity index (χ0) is 16.2. The molecule has 0 N–H and O–H groups in total. The molecule has 2 fully saturated rings.